The minimum absolute atomic E-state index is 0.0816. The highest BCUT2D eigenvalue weighted by Gasteiger charge is 2.75. The molecule has 6 aliphatic carbocycles. The minimum atomic E-state index is -1.20. The average Bonchev–Trinajstić information content (AvgIpc) is 4.30. The van der Waals surface area contributed by atoms with Crippen molar-refractivity contribution in [2.24, 2.45) is 11.8 Å². The third-order valence-electron chi connectivity index (χ3n) is 18.9. The molecule has 4 heterocycles. The molecule has 2 spiro atoms. The summed E-state index contributed by atoms with van der Waals surface area (Å²) in [5.41, 5.74) is -0.267. The predicted octanol–water partition coefficient (Wildman–Crippen LogP) is 5.25. The van der Waals surface area contributed by atoms with E-state index in [2.05, 4.69) is 9.80 Å². The summed E-state index contributed by atoms with van der Waals surface area (Å²) in [6, 6.07) is 13.0. The lowest BCUT2D eigenvalue weighted by atomic mass is 9.49. The van der Waals surface area contributed by atoms with E-state index in [0.717, 1.165) is 48.4 Å². The number of likely N-dealkylation sites (tertiary alicyclic amines) is 2. The number of benzene rings is 4. The molecular weight excluding hydrogens is 949 g/mol. The molecule has 0 aromatic heterocycles. The third-order valence-corrected chi connectivity index (χ3v) is 18.9. The van der Waals surface area contributed by atoms with Gasteiger partial charge in [-0.05, 0) is 159 Å². The number of carbonyl (C=O) groups is 6. The molecule has 4 aromatic rings. The molecule has 10 aliphatic rings. The zero-order valence-corrected chi connectivity index (χ0v) is 41.5. The number of esters is 4. The molecule has 14 rings (SSSR count). The average molecular weight is 1010 g/mol. The second-order valence-corrected chi connectivity index (χ2v) is 23.1. The second-order valence-electron chi connectivity index (χ2n) is 23.1. The summed E-state index contributed by atoms with van der Waals surface area (Å²) in [7, 11) is 0. The highest BCUT2D eigenvalue weighted by molar-refractivity contribution is 5.97. The standard InChI is InChI=1S/C58H58N2O14/c1-29(61)69-37-19-35(23-47(65)71-43-9-7-33-21-45-57(67)13-11-41(63)53-55(57,49(33)51(43)73-53)15-17-59(45)27-31-3-4-31)40-26-38(70-30(2)62)20-36(39(40)25-37)24-48(66)72-44-10-8-34-22-46-58(68)14-12-42(64)54-56(58,50(34)52(44)74-54)16-18-60(46)28-32-5-6-32/h7-10,19-20,25-26,31-32,45-46,53-54,67-68H,3-6,11-18,21-24,27-28H2,1-2H3/t45-,46-,53+,54+,55+,56+,57-,58-/m1/s1. The number of fused-ring (bicyclic) bond motifs is 1. The Balaban J connectivity index is 0.779. The summed E-state index contributed by atoms with van der Waals surface area (Å²) in [6.07, 6.45) is 5.42. The Kier molecular flexibility index (Phi) is 10.1. The number of rotatable bonds is 12. The van der Waals surface area contributed by atoms with E-state index < -0.39 is 58.1 Å². The van der Waals surface area contributed by atoms with Gasteiger partial charge in [0.2, 0.25) is 0 Å². The lowest BCUT2D eigenvalue weighted by Crippen LogP contribution is -2.76. The van der Waals surface area contributed by atoms with Crippen LogP contribution in [0.3, 0.4) is 0 Å². The van der Waals surface area contributed by atoms with Crippen molar-refractivity contribution < 1.29 is 67.4 Å². The third kappa shape index (κ3) is 6.65. The number of Topliss-reactive ketones (excluding diaryl/α,β-unsaturated/α-hetero) is 2. The van der Waals surface area contributed by atoms with E-state index in [-0.39, 0.29) is 72.3 Å². The van der Waals surface area contributed by atoms with Crippen LogP contribution in [-0.4, -0.2) is 117 Å². The Bertz CT molecular complexity index is 3000. The van der Waals surface area contributed by atoms with Gasteiger partial charge in [-0.3, -0.25) is 38.6 Å². The maximum Gasteiger partial charge on any atom is 0.315 e. The number of piperidine rings is 2. The van der Waals surface area contributed by atoms with Crippen LogP contribution in [-0.2, 0) is 65.3 Å². The molecule has 4 bridgehead atoms. The summed E-state index contributed by atoms with van der Waals surface area (Å²) in [6.45, 7) is 5.77. The van der Waals surface area contributed by atoms with Crippen LogP contribution >= 0.6 is 0 Å². The maximum absolute atomic E-state index is 14.3. The van der Waals surface area contributed by atoms with E-state index in [9.17, 15) is 39.0 Å². The van der Waals surface area contributed by atoms with Crippen molar-refractivity contribution in [3.8, 4) is 34.5 Å². The van der Waals surface area contributed by atoms with E-state index in [4.69, 9.17) is 28.4 Å². The smallest absolute Gasteiger partial charge is 0.315 e. The van der Waals surface area contributed by atoms with E-state index in [1.165, 1.54) is 51.7 Å². The Morgan fingerprint density at radius 2 is 1.01 bits per heavy atom. The Morgan fingerprint density at radius 1 is 0.595 bits per heavy atom. The summed E-state index contributed by atoms with van der Waals surface area (Å²) < 4.78 is 36.7. The zero-order chi connectivity index (χ0) is 50.8. The fourth-order valence-electron chi connectivity index (χ4n) is 15.6. The first-order valence-corrected chi connectivity index (χ1v) is 26.6. The van der Waals surface area contributed by atoms with Crippen LogP contribution < -0.4 is 28.4 Å². The number of ketones is 2. The van der Waals surface area contributed by atoms with Crippen molar-refractivity contribution in [1.82, 2.24) is 9.80 Å². The monoisotopic (exact) mass is 1010 g/mol. The number of hydrogen-bond donors (Lipinski definition) is 2. The molecule has 8 atom stereocenters. The van der Waals surface area contributed by atoms with Gasteiger partial charge in [0.1, 0.15) is 11.5 Å². The van der Waals surface area contributed by atoms with Gasteiger partial charge in [0.25, 0.3) is 0 Å². The van der Waals surface area contributed by atoms with Gasteiger partial charge in [-0.25, -0.2) is 0 Å². The first kappa shape index (κ1) is 46.3. The van der Waals surface area contributed by atoms with Gasteiger partial charge in [-0.2, -0.15) is 0 Å². The molecule has 6 fully saturated rings. The minimum Gasteiger partial charge on any atom is -0.477 e. The van der Waals surface area contributed by atoms with Gasteiger partial charge in [0, 0.05) is 63.0 Å². The molecule has 2 saturated heterocycles. The van der Waals surface area contributed by atoms with Crippen molar-refractivity contribution in [3.63, 3.8) is 0 Å². The Morgan fingerprint density at radius 3 is 1.41 bits per heavy atom. The van der Waals surface area contributed by atoms with Crippen LogP contribution in [0.1, 0.15) is 111 Å². The van der Waals surface area contributed by atoms with Crippen LogP contribution in [0.5, 0.6) is 34.5 Å². The predicted molar refractivity (Wildman–Crippen MR) is 262 cm³/mol. The summed E-state index contributed by atoms with van der Waals surface area (Å²) in [5.74, 6) is -0.611. The Hall–Kier alpha value is -6.20. The SMILES string of the molecule is CC(=O)Oc1cc(CC(=O)Oc2ccc3c4c2O[C@H]2C(=O)CC[C@@]5(O)[C@@H](C3)N(CC3CC3)CC[C@]425)c2cc(OC(C)=O)cc(CC(=O)Oc3ccc4c5c3O[C@H]3C(=O)CC[C@@]6(O)[C@@H](C4)N(CC4CC4)CC[C@]536)c2c1. The van der Waals surface area contributed by atoms with Crippen molar-refractivity contribution >= 4 is 46.2 Å². The summed E-state index contributed by atoms with van der Waals surface area (Å²) in [5, 5.41) is 26.4. The lowest BCUT2D eigenvalue weighted by molar-refractivity contribution is -0.188. The molecule has 0 amide bonds. The molecule has 4 saturated carbocycles. The van der Waals surface area contributed by atoms with E-state index >= 15 is 0 Å². The molecule has 384 valence electrons. The largest absolute Gasteiger partial charge is 0.477 e. The number of aliphatic hydroxyl groups is 2. The van der Waals surface area contributed by atoms with Gasteiger partial charge < -0.3 is 38.6 Å². The normalized spacial score (nSPS) is 31.7. The second kappa shape index (κ2) is 16.2. The lowest BCUT2D eigenvalue weighted by Gasteiger charge is -2.62. The van der Waals surface area contributed by atoms with Gasteiger partial charge >= 0.3 is 23.9 Å². The topological polar surface area (TPSA) is 205 Å². The van der Waals surface area contributed by atoms with Crippen molar-refractivity contribution in [1.29, 1.82) is 0 Å². The molecule has 4 aromatic carbocycles. The van der Waals surface area contributed by atoms with Crippen LogP contribution in [0, 0.1) is 11.8 Å². The summed E-state index contributed by atoms with van der Waals surface area (Å²) >= 11 is 0. The van der Waals surface area contributed by atoms with E-state index in [0.29, 0.717) is 83.8 Å². The first-order chi connectivity index (χ1) is 35.6. The quantitative estimate of drug-likeness (QED) is 0.137. The van der Waals surface area contributed by atoms with Crippen LogP contribution in [0.25, 0.3) is 10.8 Å². The fraction of sp³-hybridized carbons (Fsp3) is 0.517. The van der Waals surface area contributed by atoms with Crippen LogP contribution in [0.15, 0.2) is 48.5 Å². The molecule has 16 heteroatoms. The van der Waals surface area contributed by atoms with Crippen LogP contribution in [0.4, 0.5) is 0 Å². The zero-order valence-electron chi connectivity index (χ0n) is 41.5. The Labute approximate surface area is 426 Å². The van der Waals surface area contributed by atoms with Gasteiger partial charge in [0.05, 0.1) is 34.9 Å². The molecule has 0 radical (unpaired) electrons. The van der Waals surface area contributed by atoms with Crippen molar-refractivity contribution in [2.75, 3.05) is 26.2 Å². The maximum atomic E-state index is 14.3. The molecule has 16 nitrogen and oxygen atoms in total. The molecule has 0 unspecified atom stereocenters. The first-order valence-electron chi connectivity index (χ1n) is 26.6. The van der Waals surface area contributed by atoms with Crippen molar-refractivity contribution in [3.05, 3.63) is 81.9 Å². The highest BCUT2D eigenvalue weighted by Crippen LogP contribution is 2.67. The highest BCUT2D eigenvalue weighted by atomic mass is 16.6. The van der Waals surface area contributed by atoms with E-state index in [1.54, 1.807) is 24.3 Å². The van der Waals surface area contributed by atoms with Gasteiger partial charge in [-0.1, -0.05) is 12.1 Å². The van der Waals surface area contributed by atoms with Crippen molar-refractivity contribution in [2.45, 2.75) is 150 Å². The van der Waals surface area contributed by atoms with Gasteiger partial charge in [0.15, 0.2) is 46.8 Å². The molecular formula is C58H58N2O14. The van der Waals surface area contributed by atoms with Crippen LogP contribution in [0.2, 0.25) is 0 Å². The molecule has 2 N–H and O–H groups in total. The number of hydrogen-bond acceptors (Lipinski definition) is 16. The summed E-state index contributed by atoms with van der Waals surface area (Å²) in [4.78, 5) is 86.0. The van der Waals surface area contributed by atoms with E-state index in [1.807, 2.05) is 12.1 Å². The number of ether oxygens (including phenoxy) is 6. The molecule has 4 aliphatic heterocycles. The molecule has 74 heavy (non-hydrogen) atoms. The number of carbonyl (C=O) groups excluding carboxylic acids is 6. The fourth-order valence-corrected chi connectivity index (χ4v) is 15.6. The van der Waals surface area contributed by atoms with Gasteiger partial charge in [-0.15, -0.1) is 0 Å². The number of nitrogens with zero attached hydrogens (tertiary/aromatic N) is 2.